The zero-order valence-electron chi connectivity index (χ0n) is 13.3. The summed E-state index contributed by atoms with van der Waals surface area (Å²) in [6.45, 7) is 0. The van der Waals surface area contributed by atoms with Crippen molar-refractivity contribution in [2.45, 2.75) is 5.16 Å². The van der Waals surface area contributed by atoms with E-state index in [1.165, 1.54) is 18.9 Å². The Hall–Kier alpha value is -2.51. The number of aromatic nitrogens is 3. The number of amides is 1. The second-order valence-corrected chi connectivity index (χ2v) is 6.37. The van der Waals surface area contributed by atoms with Crippen LogP contribution in [0.5, 0.6) is 5.75 Å². The molecule has 0 saturated carbocycles. The lowest BCUT2D eigenvalue weighted by molar-refractivity contribution is -0.113. The number of thioether (sulfide) groups is 1. The molecule has 2 aromatic carbocycles. The highest BCUT2D eigenvalue weighted by molar-refractivity contribution is 7.99. The summed E-state index contributed by atoms with van der Waals surface area (Å²) in [5, 5.41) is 8.17. The molecule has 8 heteroatoms. The third-order valence-corrected chi connectivity index (χ3v) is 4.35. The molecule has 0 bridgehead atoms. The molecule has 0 radical (unpaired) electrons. The number of anilines is 1. The summed E-state index contributed by atoms with van der Waals surface area (Å²) < 4.78 is 6.88. The van der Waals surface area contributed by atoms with Gasteiger partial charge in [-0.25, -0.2) is 9.67 Å². The molecular weight excluding hydrogens is 360 g/mol. The first kappa shape index (κ1) is 17.3. The third-order valence-electron chi connectivity index (χ3n) is 3.26. The van der Waals surface area contributed by atoms with Crippen LogP contribution in [0.1, 0.15) is 0 Å². The first-order chi connectivity index (χ1) is 12.2. The highest BCUT2D eigenvalue weighted by atomic mass is 35.5. The molecule has 128 valence electrons. The van der Waals surface area contributed by atoms with Crippen molar-refractivity contribution in [1.82, 2.24) is 14.8 Å². The summed E-state index contributed by atoms with van der Waals surface area (Å²) in [5.74, 6) is 0.532. The van der Waals surface area contributed by atoms with Crippen LogP contribution in [0.25, 0.3) is 5.69 Å². The van der Waals surface area contributed by atoms with Gasteiger partial charge in [-0.3, -0.25) is 4.79 Å². The normalized spacial score (nSPS) is 10.5. The minimum absolute atomic E-state index is 0.175. The van der Waals surface area contributed by atoms with Gasteiger partial charge in [-0.2, -0.15) is 0 Å². The van der Waals surface area contributed by atoms with Crippen LogP contribution >= 0.6 is 23.4 Å². The van der Waals surface area contributed by atoms with E-state index < -0.39 is 0 Å². The van der Waals surface area contributed by atoms with Crippen LogP contribution in [0, 0.1) is 0 Å². The van der Waals surface area contributed by atoms with Gasteiger partial charge in [0.25, 0.3) is 0 Å². The monoisotopic (exact) mass is 374 g/mol. The largest absolute Gasteiger partial charge is 0.495 e. The second kappa shape index (κ2) is 8.04. The maximum atomic E-state index is 12.1. The van der Waals surface area contributed by atoms with E-state index in [-0.39, 0.29) is 11.7 Å². The number of carbonyl (C=O) groups is 1. The fourth-order valence-corrected chi connectivity index (χ4v) is 2.89. The van der Waals surface area contributed by atoms with Crippen LogP contribution in [0.15, 0.2) is 60.0 Å². The van der Waals surface area contributed by atoms with Crippen molar-refractivity contribution in [3.63, 3.8) is 0 Å². The van der Waals surface area contributed by atoms with Crippen LogP contribution < -0.4 is 10.1 Å². The van der Waals surface area contributed by atoms with Gasteiger partial charge in [0.05, 0.1) is 24.2 Å². The molecule has 0 unspecified atom stereocenters. The molecular formula is C17H15ClN4O2S. The van der Waals surface area contributed by atoms with Crippen molar-refractivity contribution in [1.29, 1.82) is 0 Å². The molecule has 3 rings (SSSR count). The molecule has 0 aliphatic carbocycles. The lowest BCUT2D eigenvalue weighted by Gasteiger charge is -2.09. The number of halogens is 1. The maximum Gasteiger partial charge on any atom is 0.234 e. The van der Waals surface area contributed by atoms with Crippen LogP contribution in [0.4, 0.5) is 5.69 Å². The average molecular weight is 375 g/mol. The van der Waals surface area contributed by atoms with Gasteiger partial charge < -0.3 is 10.1 Å². The zero-order chi connectivity index (χ0) is 17.6. The highest BCUT2D eigenvalue weighted by Gasteiger charge is 2.11. The number of rotatable bonds is 6. The molecule has 1 aromatic heterocycles. The van der Waals surface area contributed by atoms with Crippen LogP contribution in [0.3, 0.4) is 0 Å². The summed E-state index contributed by atoms with van der Waals surface area (Å²) >= 11 is 7.21. The van der Waals surface area contributed by atoms with Gasteiger partial charge in [-0.05, 0) is 30.3 Å². The Labute approximate surface area is 154 Å². The minimum atomic E-state index is -0.193. The number of benzene rings is 2. The first-order valence-corrected chi connectivity index (χ1v) is 8.75. The maximum absolute atomic E-state index is 12.1. The summed E-state index contributed by atoms with van der Waals surface area (Å²) in [6.07, 6.45) is 1.62. The zero-order valence-corrected chi connectivity index (χ0v) is 14.9. The van der Waals surface area contributed by atoms with Crippen LogP contribution in [0.2, 0.25) is 5.02 Å². The number of nitrogens with one attached hydrogen (secondary N) is 1. The number of para-hydroxylation sites is 1. The van der Waals surface area contributed by atoms with Crippen molar-refractivity contribution in [3.05, 3.63) is 59.9 Å². The number of hydrogen-bond donors (Lipinski definition) is 1. The van der Waals surface area contributed by atoms with Gasteiger partial charge in [0, 0.05) is 5.02 Å². The molecule has 25 heavy (non-hydrogen) atoms. The fraction of sp³-hybridized carbons (Fsp3) is 0.118. The van der Waals surface area contributed by atoms with Crippen LogP contribution in [-0.2, 0) is 4.79 Å². The predicted octanol–water partition coefficient (Wildman–Crippen LogP) is 3.66. The average Bonchev–Trinajstić information content (AvgIpc) is 3.10. The molecule has 1 N–H and O–H groups in total. The molecule has 0 aliphatic heterocycles. The first-order valence-electron chi connectivity index (χ1n) is 7.39. The Bertz CT molecular complexity index is 870. The van der Waals surface area contributed by atoms with Gasteiger partial charge in [0.2, 0.25) is 11.1 Å². The summed E-state index contributed by atoms with van der Waals surface area (Å²) in [7, 11) is 1.54. The van der Waals surface area contributed by atoms with Gasteiger partial charge in [0.15, 0.2) is 0 Å². The summed E-state index contributed by atoms with van der Waals surface area (Å²) in [6, 6.07) is 14.7. The fourth-order valence-electron chi connectivity index (χ4n) is 2.11. The number of hydrogen-bond acceptors (Lipinski definition) is 5. The number of ether oxygens (including phenoxy) is 1. The summed E-state index contributed by atoms with van der Waals surface area (Å²) in [5.41, 5.74) is 1.44. The van der Waals surface area contributed by atoms with E-state index in [4.69, 9.17) is 16.3 Å². The Morgan fingerprint density at radius 2 is 2.08 bits per heavy atom. The van der Waals surface area contributed by atoms with E-state index in [1.54, 1.807) is 29.2 Å². The van der Waals surface area contributed by atoms with Gasteiger partial charge in [-0.1, -0.05) is 41.6 Å². The molecule has 3 aromatic rings. The van der Waals surface area contributed by atoms with E-state index in [0.29, 0.717) is 21.6 Å². The van der Waals surface area contributed by atoms with Crippen molar-refractivity contribution in [2.24, 2.45) is 0 Å². The summed E-state index contributed by atoms with van der Waals surface area (Å²) in [4.78, 5) is 16.4. The molecule has 0 fully saturated rings. The molecule has 1 heterocycles. The van der Waals surface area contributed by atoms with Gasteiger partial charge in [0.1, 0.15) is 12.1 Å². The van der Waals surface area contributed by atoms with Crippen molar-refractivity contribution in [3.8, 4) is 11.4 Å². The van der Waals surface area contributed by atoms with Crippen LogP contribution in [-0.4, -0.2) is 33.5 Å². The molecule has 0 saturated heterocycles. The van der Waals surface area contributed by atoms with E-state index in [9.17, 15) is 4.79 Å². The number of nitrogens with zero attached hydrogens (tertiary/aromatic N) is 3. The van der Waals surface area contributed by atoms with Gasteiger partial charge >= 0.3 is 0 Å². The molecule has 1 amide bonds. The van der Waals surface area contributed by atoms with E-state index in [0.717, 1.165) is 5.69 Å². The van der Waals surface area contributed by atoms with Crippen molar-refractivity contribution >= 4 is 35.0 Å². The molecule has 0 spiro atoms. The van der Waals surface area contributed by atoms with Crippen molar-refractivity contribution < 1.29 is 9.53 Å². The van der Waals surface area contributed by atoms with Crippen molar-refractivity contribution in [2.75, 3.05) is 18.2 Å². The topological polar surface area (TPSA) is 69.0 Å². The Kier molecular flexibility index (Phi) is 5.57. The molecule has 0 aliphatic rings. The second-order valence-electron chi connectivity index (χ2n) is 4.99. The molecule has 6 nitrogen and oxygen atoms in total. The van der Waals surface area contributed by atoms with E-state index >= 15 is 0 Å². The third kappa shape index (κ3) is 4.52. The Morgan fingerprint density at radius 3 is 2.84 bits per heavy atom. The van der Waals surface area contributed by atoms with E-state index in [2.05, 4.69) is 15.4 Å². The highest BCUT2D eigenvalue weighted by Crippen LogP contribution is 2.28. The molecule has 0 atom stereocenters. The smallest absolute Gasteiger partial charge is 0.234 e. The lowest BCUT2D eigenvalue weighted by atomic mass is 10.3. The number of carbonyl (C=O) groups excluding carboxylic acids is 1. The van der Waals surface area contributed by atoms with E-state index in [1.807, 2.05) is 30.3 Å². The van der Waals surface area contributed by atoms with Gasteiger partial charge in [-0.15, -0.1) is 5.10 Å². The minimum Gasteiger partial charge on any atom is -0.495 e. The Balaban J connectivity index is 1.60. The number of methoxy groups -OCH3 is 1. The quantitative estimate of drug-likeness (QED) is 0.667. The predicted molar refractivity (Wildman–Crippen MR) is 98.7 cm³/mol. The standard InChI is InChI=1S/C17H15ClN4O2S/c1-24-15-8-7-12(18)9-14(15)20-16(23)10-25-17-19-11-22(21-17)13-5-3-2-4-6-13/h2-9,11H,10H2,1H3,(H,20,23). The Morgan fingerprint density at radius 1 is 1.28 bits per heavy atom. The lowest BCUT2D eigenvalue weighted by Crippen LogP contribution is -2.14. The SMILES string of the molecule is COc1ccc(Cl)cc1NC(=O)CSc1ncn(-c2ccccc2)n1.